The van der Waals surface area contributed by atoms with Gasteiger partial charge in [0.2, 0.25) is 0 Å². The van der Waals surface area contributed by atoms with Crippen LogP contribution in [0.1, 0.15) is 39.0 Å². The number of nitrogens with zero attached hydrogens (tertiary/aromatic N) is 1. The Morgan fingerprint density at radius 3 is 2.78 bits per heavy atom. The van der Waals surface area contributed by atoms with Gasteiger partial charge in [0, 0.05) is 31.6 Å². The lowest BCUT2D eigenvalue weighted by Crippen LogP contribution is -2.42. The predicted octanol–water partition coefficient (Wildman–Crippen LogP) is 2.96. The molecule has 1 aliphatic carbocycles. The third kappa shape index (κ3) is 6.38. The summed E-state index contributed by atoms with van der Waals surface area (Å²) < 4.78 is 10.9. The van der Waals surface area contributed by atoms with Gasteiger partial charge in [-0.15, -0.1) is 0 Å². The first-order valence-electron chi connectivity index (χ1n) is 8.63. The van der Waals surface area contributed by atoms with Gasteiger partial charge in [0.15, 0.2) is 5.96 Å². The molecule has 1 fully saturated rings. The Labute approximate surface area is 139 Å². The van der Waals surface area contributed by atoms with Crippen LogP contribution in [0.4, 0.5) is 0 Å². The van der Waals surface area contributed by atoms with E-state index in [1.165, 1.54) is 25.7 Å². The van der Waals surface area contributed by atoms with E-state index in [0.717, 1.165) is 37.0 Å². The quantitative estimate of drug-likeness (QED) is 0.439. The molecule has 5 nitrogen and oxygen atoms in total. The lowest BCUT2D eigenvalue weighted by molar-refractivity contribution is 0.311. The first-order valence-corrected chi connectivity index (χ1v) is 8.63. The molecule has 0 aliphatic heterocycles. The fourth-order valence-electron chi connectivity index (χ4n) is 2.72. The van der Waals surface area contributed by atoms with Crippen LogP contribution in [0.5, 0.6) is 11.5 Å². The number of rotatable bonds is 8. The summed E-state index contributed by atoms with van der Waals surface area (Å²) in [6.07, 6.45) is 6.04. The second-order valence-corrected chi connectivity index (χ2v) is 5.77. The van der Waals surface area contributed by atoms with Crippen LogP contribution in [0.15, 0.2) is 29.3 Å². The van der Waals surface area contributed by atoms with E-state index in [9.17, 15) is 0 Å². The molecule has 0 unspecified atom stereocenters. The molecule has 0 aromatic heterocycles. The lowest BCUT2D eigenvalue weighted by atomic mass is 10.2. The number of benzene rings is 1. The van der Waals surface area contributed by atoms with E-state index in [0.29, 0.717) is 12.6 Å². The van der Waals surface area contributed by atoms with Crippen molar-refractivity contribution in [3.05, 3.63) is 24.3 Å². The third-order valence-corrected chi connectivity index (χ3v) is 3.92. The molecule has 0 saturated heterocycles. The van der Waals surface area contributed by atoms with E-state index < -0.39 is 0 Å². The van der Waals surface area contributed by atoms with Crippen LogP contribution in [0.3, 0.4) is 0 Å². The maximum Gasteiger partial charge on any atom is 0.191 e. The first kappa shape index (κ1) is 17.4. The molecule has 0 atom stereocenters. The number of nitrogens with one attached hydrogen (secondary N) is 2. The van der Waals surface area contributed by atoms with Crippen molar-refractivity contribution in [3.63, 3.8) is 0 Å². The molecule has 1 saturated carbocycles. The van der Waals surface area contributed by atoms with Crippen LogP contribution < -0.4 is 20.1 Å². The molecule has 23 heavy (non-hydrogen) atoms. The first-order chi connectivity index (χ1) is 11.3. The number of hydrogen-bond acceptors (Lipinski definition) is 3. The molecule has 0 spiro atoms. The third-order valence-electron chi connectivity index (χ3n) is 3.92. The van der Waals surface area contributed by atoms with E-state index in [1.807, 2.05) is 24.3 Å². The highest BCUT2D eigenvalue weighted by molar-refractivity contribution is 5.80. The Hall–Kier alpha value is -1.91. The zero-order chi connectivity index (χ0) is 16.3. The van der Waals surface area contributed by atoms with Crippen molar-refractivity contribution in [2.45, 2.75) is 45.1 Å². The number of ether oxygens (including phenoxy) is 2. The Morgan fingerprint density at radius 2 is 2.04 bits per heavy atom. The minimum atomic E-state index is 0.584. The minimum absolute atomic E-state index is 0.584. The summed E-state index contributed by atoms with van der Waals surface area (Å²) in [5.74, 6) is 2.58. The largest absolute Gasteiger partial charge is 0.497 e. The smallest absolute Gasteiger partial charge is 0.191 e. The van der Waals surface area contributed by atoms with Gasteiger partial charge in [0.1, 0.15) is 11.5 Å². The van der Waals surface area contributed by atoms with Crippen LogP contribution in [0.2, 0.25) is 0 Å². The zero-order valence-corrected chi connectivity index (χ0v) is 14.3. The molecule has 0 heterocycles. The monoisotopic (exact) mass is 319 g/mol. The fourth-order valence-corrected chi connectivity index (χ4v) is 2.72. The van der Waals surface area contributed by atoms with E-state index >= 15 is 0 Å². The average molecular weight is 319 g/mol. The zero-order valence-electron chi connectivity index (χ0n) is 14.3. The van der Waals surface area contributed by atoms with E-state index in [4.69, 9.17) is 9.47 Å². The maximum atomic E-state index is 5.73. The van der Waals surface area contributed by atoms with Gasteiger partial charge in [0.25, 0.3) is 0 Å². The van der Waals surface area contributed by atoms with Gasteiger partial charge in [0.05, 0.1) is 13.7 Å². The van der Waals surface area contributed by atoms with Crippen molar-refractivity contribution in [1.82, 2.24) is 10.6 Å². The van der Waals surface area contributed by atoms with Crippen molar-refractivity contribution in [1.29, 1.82) is 0 Å². The van der Waals surface area contributed by atoms with Crippen LogP contribution >= 0.6 is 0 Å². The molecular formula is C18H29N3O2. The van der Waals surface area contributed by atoms with E-state index in [1.54, 1.807) is 7.11 Å². The van der Waals surface area contributed by atoms with Crippen molar-refractivity contribution >= 4 is 5.96 Å². The second kappa shape index (κ2) is 9.98. The summed E-state index contributed by atoms with van der Waals surface area (Å²) >= 11 is 0. The van der Waals surface area contributed by atoms with Gasteiger partial charge in [-0.05, 0) is 31.9 Å². The van der Waals surface area contributed by atoms with Crippen molar-refractivity contribution in [2.24, 2.45) is 4.99 Å². The second-order valence-electron chi connectivity index (χ2n) is 5.77. The molecule has 1 aromatic rings. The Balaban J connectivity index is 1.70. The molecule has 1 aliphatic rings. The van der Waals surface area contributed by atoms with Crippen LogP contribution in [-0.4, -0.2) is 38.8 Å². The van der Waals surface area contributed by atoms with Crippen molar-refractivity contribution in [2.75, 3.05) is 26.8 Å². The van der Waals surface area contributed by atoms with Gasteiger partial charge < -0.3 is 20.1 Å². The topological polar surface area (TPSA) is 54.9 Å². The van der Waals surface area contributed by atoms with Gasteiger partial charge in [-0.3, -0.25) is 4.99 Å². The highest BCUT2D eigenvalue weighted by Gasteiger charge is 2.15. The fraction of sp³-hybridized carbons (Fsp3) is 0.611. The number of hydrogen-bond donors (Lipinski definition) is 2. The summed E-state index contributed by atoms with van der Waals surface area (Å²) in [5, 5.41) is 6.84. The van der Waals surface area contributed by atoms with Gasteiger partial charge in [-0.2, -0.15) is 0 Å². The van der Waals surface area contributed by atoms with Gasteiger partial charge >= 0.3 is 0 Å². The molecule has 128 valence electrons. The average Bonchev–Trinajstić information content (AvgIpc) is 3.08. The lowest BCUT2D eigenvalue weighted by Gasteiger charge is -2.16. The summed E-state index contributed by atoms with van der Waals surface area (Å²) in [4.78, 5) is 4.63. The SMILES string of the molecule is CCNC(=NCCCOc1cccc(OC)c1)NC1CCCC1. The maximum absolute atomic E-state index is 5.73. The van der Waals surface area contributed by atoms with Gasteiger partial charge in [-0.25, -0.2) is 0 Å². The van der Waals surface area contributed by atoms with Crippen LogP contribution in [0.25, 0.3) is 0 Å². The van der Waals surface area contributed by atoms with Crippen LogP contribution in [-0.2, 0) is 0 Å². The normalized spacial score (nSPS) is 15.5. The highest BCUT2D eigenvalue weighted by atomic mass is 16.5. The molecule has 2 N–H and O–H groups in total. The minimum Gasteiger partial charge on any atom is -0.497 e. The molecule has 0 bridgehead atoms. The van der Waals surface area contributed by atoms with E-state index in [-0.39, 0.29) is 0 Å². The number of guanidine groups is 1. The standard InChI is InChI=1S/C18H29N3O2/c1-3-19-18(21-15-8-4-5-9-15)20-12-7-13-23-17-11-6-10-16(14-17)22-2/h6,10-11,14-15H,3-5,7-9,12-13H2,1-2H3,(H2,19,20,21). The summed E-state index contributed by atoms with van der Waals surface area (Å²) in [5.41, 5.74) is 0. The number of methoxy groups -OCH3 is 1. The summed E-state index contributed by atoms with van der Waals surface area (Å²) in [6.45, 7) is 4.39. The summed E-state index contributed by atoms with van der Waals surface area (Å²) in [7, 11) is 1.66. The molecule has 0 amide bonds. The molecule has 1 aromatic carbocycles. The molecule has 5 heteroatoms. The van der Waals surface area contributed by atoms with Crippen LogP contribution in [0, 0.1) is 0 Å². The van der Waals surface area contributed by atoms with Crippen molar-refractivity contribution in [3.8, 4) is 11.5 Å². The number of aliphatic imine (C=N–C) groups is 1. The molecule has 2 rings (SSSR count). The molecule has 0 radical (unpaired) electrons. The Bertz CT molecular complexity index is 485. The predicted molar refractivity (Wildman–Crippen MR) is 94.5 cm³/mol. The Kier molecular flexibility index (Phi) is 7.57. The summed E-state index contributed by atoms with van der Waals surface area (Å²) in [6, 6.07) is 8.27. The van der Waals surface area contributed by atoms with Gasteiger partial charge in [-0.1, -0.05) is 18.9 Å². The van der Waals surface area contributed by atoms with E-state index in [2.05, 4.69) is 22.5 Å². The highest BCUT2D eigenvalue weighted by Crippen LogP contribution is 2.19. The molecular weight excluding hydrogens is 290 g/mol. The Morgan fingerprint density at radius 1 is 1.26 bits per heavy atom. The van der Waals surface area contributed by atoms with Crippen molar-refractivity contribution < 1.29 is 9.47 Å².